The van der Waals surface area contributed by atoms with E-state index in [-0.39, 0.29) is 30.9 Å². The molecule has 0 aliphatic carbocycles. The molecule has 5 nitrogen and oxygen atoms in total. The Morgan fingerprint density at radius 3 is 2.44 bits per heavy atom. The Bertz CT molecular complexity index is 760. The summed E-state index contributed by atoms with van der Waals surface area (Å²) in [6.07, 6.45) is 1.17. The van der Waals surface area contributed by atoms with Crippen LogP contribution in [0.1, 0.15) is 21.8 Å². The number of aliphatic hydroxyl groups is 1. The van der Waals surface area contributed by atoms with Gasteiger partial charge in [-0.2, -0.15) is 0 Å². The number of hydrogen-bond acceptors (Lipinski definition) is 3. The Morgan fingerprint density at radius 2 is 1.84 bits per heavy atom. The topological polar surface area (TPSA) is 78.4 Å². The van der Waals surface area contributed by atoms with Gasteiger partial charge in [-0.05, 0) is 42.0 Å². The zero-order valence-corrected chi connectivity index (χ0v) is 14.3. The van der Waals surface area contributed by atoms with Crippen molar-refractivity contribution < 1.29 is 14.7 Å². The molecule has 0 fully saturated rings. The van der Waals surface area contributed by atoms with E-state index in [0.717, 1.165) is 5.56 Å². The van der Waals surface area contributed by atoms with E-state index in [9.17, 15) is 14.7 Å². The molecule has 0 radical (unpaired) electrons. The number of carbonyl (C=O) groups excluding carboxylic acids is 2. The summed E-state index contributed by atoms with van der Waals surface area (Å²) in [6.45, 7) is 3.51. The van der Waals surface area contributed by atoms with Crippen LogP contribution in [0.15, 0.2) is 61.2 Å². The lowest BCUT2D eigenvalue weighted by Crippen LogP contribution is -2.29. The van der Waals surface area contributed by atoms with Crippen LogP contribution in [0, 0.1) is 0 Å². The van der Waals surface area contributed by atoms with Gasteiger partial charge in [0.25, 0.3) is 5.91 Å². The first-order valence-electron chi connectivity index (χ1n) is 7.72. The van der Waals surface area contributed by atoms with Crippen molar-refractivity contribution in [1.29, 1.82) is 0 Å². The molecule has 0 spiro atoms. The lowest BCUT2D eigenvalue weighted by Gasteiger charge is -2.17. The van der Waals surface area contributed by atoms with E-state index < -0.39 is 0 Å². The van der Waals surface area contributed by atoms with Gasteiger partial charge in [0.15, 0.2) is 0 Å². The smallest absolute Gasteiger partial charge is 0.251 e. The number of rotatable bonds is 7. The molecule has 1 unspecified atom stereocenters. The fraction of sp³-hybridized carbons (Fsp3) is 0.158. The van der Waals surface area contributed by atoms with Crippen LogP contribution in [0.3, 0.4) is 0 Å². The van der Waals surface area contributed by atoms with Gasteiger partial charge in [0, 0.05) is 28.7 Å². The van der Waals surface area contributed by atoms with Crippen LogP contribution in [0.25, 0.3) is 0 Å². The van der Waals surface area contributed by atoms with Crippen LogP contribution < -0.4 is 10.6 Å². The Balaban J connectivity index is 1.98. The number of benzene rings is 2. The van der Waals surface area contributed by atoms with Crippen molar-refractivity contribution in [2.24, 2.45) is 0 Å². The minimum Gasteiger partial charge on any atom is -0.396 e. The highest BCUT2D eigenvalue weighted by Gasteiger charge is 2.15. The minimum atomic E-state index is -0.317. The monoisotopic (exact) mass is 358 g/mol. The number of anilines is 1. The van der Waals surface area contributed by atoms with Crippen LogP contribution in [-0.4, -0.2) is 30.1 Å². The van der Waals surface area contributed by atoms with Crippen molar-refractivity contribution in [1.82, 2.24) is 5.32 Å². The van der Waals surface area contributed by atoms with Gasteiger partial charge in [-0.1, -0.05) is 36.4 Å². The Labute approximate surface area is 151 Å². The molecule has 130 valence electrons. The van der Waals surface area contributed by atoms with Crippen LogP contribution in [-0.2, 0) is 4.79 Å². The first-order valence-corrected chi connectivity index (χ1v) is 8.10. The van der Waals surface area contributed by atoms with Crippen LogP contribution in [0.2, 0.25) is 5.02 Å². The quantitative estimate of drug-likeness (QED) is 0.666. The summed E-state index contributed by atoms with van der Waals surface area (Å²) in [6, 6.07) is 13.7. The SMILES string of the molecule is C=CC(=O)Nc1ccc(C(=O)NCC(CO)c2ccccc2Cl)cc1. The van der Waals surface area contributed by atoms with Gasteiger partial charge < -0.3 is 15.7 Å². The fourth-order valence-electron chi connectivity index (χ4n) is 2.30. The number of carbonyl (C=O) groups is 2. The van der Waals surface area contributed by atoms with Crippen molar-refractivity contribution >= 4 is 29.1 Å². The second-order valence-corrected chi connectivity index (χ2v) is 5.79. The van der Waals surface area contributed by atoms with E-state index in [4.69, 9.17) is 11.6 Å². The molecule has 0 saturated carbocycles. The molecule has 2 aromatic carbocycles. The second-order valence-electron chi connectivity index (χ2n) is 5.38. The van der Waals surface area contributed by atoms with E-state index in [2.05, 4.69) is 17.2 Å². The zero-order valence-electron chi connectivity index (χ0n) is 13.5. The summed E-state index contributed by atoms with van der Waals surface area (Å²) in [5.41, 5.74) is 1.81. The maximum absolute atomic E-state index is 12.2. The van der Waals surface area contributed by atoms with Gasteiger partial charge in [-0.15, -0.1) is 0 Å². The molecule has 0 saturated heterocycles. The van der Waals surface area contributed by atoms with Crippen molar-refractivity contribution in [3.63, 3.8) is 0 Å². The zero-order chi connectivity index (χ0) is 18.2. The molecule has 0 heterocycles. The first kappa shape index (κ1) is 18.7. The summed E-state index contributed by atoms with van der Waals surface area (Å²) < 4.78 is 0. The average molecular weight is 359 g/mol. The summed E-state index contributed by atoms with van der Waals surface area (Å²) in [7, 11) is 0. The number of nitrogens with one attached hydrogen (secondary N) is 2. The minimum absolute atomic E-state index is 0.128. The van der Waals surface area contributed by atoms with Gasteiger partial charge in [0.05, 0.1) is 6.61 Å². The number of hydrogen-bond donors (Lipinski definition) is 3. The van der Waals surface area contributed by atoms with Crippen LogP contribution in [0.5, 0.6) is 0 Å². The third-order valence-corrected chi connectivity index (χ3v) is 4.02. The Kier molecular flexibility index (Phi) is 6.74. The second kappa shape index (κ2) is 9.01. The highest BCUT2D eigenvalue weighted by molar-refractivity contribution is 6.31. The molecule has 0 aromatic heterocycles. The molecule has 1 atom stereocenters. The van der Waals surface area contributed by atoms with Crippen molar-refractivity contribution in [3.05, 3.63) is 77.3 Å². The maximum atomic E-state index is 12.2. The number of aliphatic hydroxyl groups excluding tert-OH is 1. The van der Waals surface area contributed by atoms with E-state index in [1.165, 1.54) is 6.08 Å². The highest BCUT2D eigenvalue weighted by atomic mass is 35.5. The molecule has 0 bridgehead atoms. The maximum Gasteiger partial charge on any atom is 0.251 e. The van der Waals surface area contributed by atoms with Gasteiger partial charge in [-0.3, -0.25) is 9.59 Å². The molecule has 6 heteroatoms. The summed E-state index contributed by atoms with van der Waals surface area (Å²) in [4.78, 5) is 23.5. The number of amides is 2. The van der Waals surface area contributed by atoms with Gasteiger partial charge in [-0.25, -0.2) is 0 Å². The molecule has 0 aliphatic rings. The van der Waals surface area contributed by atoms with E-state index in [1.807, 2.05) is 18.2 Å². The Hall–Kier alpha value is -2.63. The largest absolute Gasteiger partial charge is 0.396 e. The van der Waals surface area contributed by atoms with Gasteiger partial charge in [0.2, 0.25) is 5.91 Å². The van der Waals surface area contributed by atoms with E-state index in [0.29, 0.717) is 16.3 Å². The predicted octanol–water partition coefficient (Wildman–Crippen LogP) is 2.97. The van der Waals surface area contributed by atoms with Gasteiger partial charge in [0.1, 0.15) is 0 Å². The first-order chi connectivity index (χ1) is 12.0. The van der Waals surface area contributed by atoms with E-state index in [1.54, 1.807) is 30.3 Å². The normalized spacial score (nSPS) is 11.4. The molecule has 2 rings (SSSR count). The van der Waals surface area contributed by atoms with Crippen molar-refractivity contribution in [2.45, 2.75) is 5.92 Å². The molecule has 2 amide bonds. The van der Waals surface area contributed by atoms with Crippen LogP contribution >= 0.6 is 11.6 Å². The van der Waals surface area contributed by atoms with E-state index >= 15 is 0 Å². The lowest BCUT2D eigenvalue weighted by molar-refractivity contribution is -0.111. The number of halogens is 1. The molecular formula is C19H19ClN2O3. The lowest BCUT2D eigenvalue weighted by atomic mass is 10.00. The summed E-state index contributed by atoms with van der Waals surface area (Å²) in [5, 5.41) is 15.5. The molecule has 3 N–H and O–H groups in total. The predicted molar refractivity (Wildman–Crippen MR) is 98.9 cm³/mol. The molecular weight excluding hydrogens is 340 g/mol. The summed E-state index contributed by atoms with van der Waals surface area (Å²) in [5.74, 6) is -0.876. The van der Waals surface area contributed by atoms with Crippen molar-refractivity contribution in [2.75, 3.05) is 18.5 Å². The van der Waals surface area contributed by atoms with Gasteiger partial charge >= 0.3 is 0 Å². The highest BCUT2D eigenvalue weighted by Crippen LogP contribution is 2.23. The third-order valence-electron chi connectivity index (χ3n) is 3.67. The average Bonchev–Trinajstić information content (AvgIpc) is 2.63. The molecule has 25 heavy (non-hydrogen) atoms. The molecule has 0 aliphatic heterocycles. The van der Waals surface area contributed by atoms with Crippen LogP contribution in [0.4, 0.5) is 5.69 Å². The Morgan fingerprint density at radius 1 is 1.16 bits per heavy atom. The van der Waals surface area contributed by atoms with Crippen molar-refractivity contribution in [3.8, 4) is 0 Å². The standard InChI is InChI=1S/C19H19ClN2O3/c1-2-18(24)22-15-9-7-13(8-10-15)19(25)21-11-14(12-23)16-5-3-4-6-17(16)20/h2-10,14,23H,1,11-12H2,(H,21,25)(H,22,24). The molecule has 2 aromatic rings. The summed E-state index contributed by atoms with van der Waals surface area (Å²) >= 11 is 6.14. The third kappa shape index (κ3) is 5.17. The fourth-order valence-corrected chi connectivity index (χ4v) is 2.59.